The third kappa shape index (κ3) is 6.28. The summed E-state index contributed by atoms with van der Waals surface area (Å²) in [6, 6.07) is 20.5. The van der Waals surface area contributed by atoms with Gasteiger partial charge in [-0.05, 0) is 0 Å². The van der Waals surface area contributed by atoms with Crippen LogP contribution in [-0.2, 0) is 26.1 Å². The van der Waals surface area contributed by atoms with Crippen molar-refractivity contribution in [2.75, 3.05) is 36.1 Å². The molecule has 0 saturated heterocycles. The van der Waals surface area contributed by atoms with Gasteiger partial charge in [0.25, 0.3) is 0 Å². The van der Waals surface area contributed by atoms with E-state index in [9.17, 15) is 0 Å². The molecule has 53 heavy (non-hydrogen) atoms. The predicted molar refractivity (Wildman–Crippen MR) is 200 cm³/mol. The molecular weight excluding hydrogens is 712 g/mol. The Kier molecular flexibility index (Phi) is 9.52. The molecule has 0 N–H and O–H groups in total. The van der Waals surface area contributed by atoms with Gasteiger partial charge >= 0.3 is 312 Å². The van der Waals surface area contributed by atoms with Crippen molar-refractivity contribution in [3.05, 3.63) is 175 Å². The van der Waals surface area contributed by atoms with Crippen LogP contribution < -0.4 is 17.5 Å². The van der Waals surface area contributed by atoms with Gasteiger partial charge in [-0.2, -0.15) is 0 Å². The van der Waals surface area contributed by atoms with Gasteiger partial charge < -0.3 is 0 Å². The van der Waals surface area contributed by atoms with Gasteiger partial charge in [0, 0.05) is 0 Å². The molecule has 9 heteroatoms. The molecular formula is C44H38F4N2O2Ti. The van der Waals surface area contributed by atoms with Crippen molar-refractivity contribution in [1.82, 2.24) is 0 Å². The van der Waals surface area contributed by atoms with Gasteiger partial charge in [-0.15, -0.1) is 0 Å². The minimum absolute atomic E-state index is 0.0992. The zero-order chi connectivity index (χ0) is 36.7. The van der Waals surface area contributed by atoms with E-state index in [1.54, 1.807) is 9.80 Å². The molecule has 4 nitrogen and oxygen atoms in total. The molecule has 8 rings (SSSR count). The Morgan fingerprint density at radius 2 is 0.962 bits per heavy atom. The van der Waals surface area contributed by atoms with E-state index in [4.69, 9.17) is 9.47 Å². The van der Waals surface area contributed by atoms with E-state index in [0.29, 0.717) is 56.7 Å². The predicted octanol–water partition coefficient (Wildman–Crippen LogP) is 9.76. The van der Waals surface area contributed by atoms with Crippen molar-refractivity contribution in [3.63, 3.8) is 0 Å². The van der Waals surface area contributed by atoms with Gasteiger partial charge in [0.05, 0.1) is 0 Å². The number of halogens is 4. The number of allylic oxidation sites excluding steroid dienone is 8. The van der Waals surface area contributed by atoms with E-state index in [1.165, 1.54) is 24.3 Å². The molecule has 2 aliphatic carbocycles. The monoisotopic (exact) mass is 750 g/mol. The van der Waals surface area contributed by atoms with E-state index >= 15 is 17.6 Å². The summed E-state index contributed by atoms with van der Waals surface area (Å²) in [4.78, 5) is 3.49. The number of nitrogens with zero attached hydrogens (tertiary/aromatic N) is 2. The van der Waals surface area contributed by atoms with Crippen LogP contribution in [0.5, 0.6) is 0 Å². The molecule has 0 bridgehead atoms. The molecule has 0 amide bonds. The Labute approximate surface area is 310 Å². The first-order chi connectivity index (χ1) is 25.8. The second-order valence-corrected chi connectivity index (χ2v) is 19.6. The Morgan fingerprint density at radius 1 is 0.566 bits per heavy atom. The van der Waals surface area contributed by atoms with Crippen LogP contribution in [0.1, 0.15) is 24.0 Å². The maximum atomic E-state index is 18.0. The summed E-state index contributed by atoms with van der Waals surface area (Å²) in [7, 11) is 0. The number of aryl methyl sites for hydroxylation is 2. The van der Waals surface area contributed by atoms with Gasteiger partial charge in [0.15, 0.2) is 0 Å². The molecule has 4 aromatic rings. The van der Waals surface area contributed by atoms with Crippen LogP contribution in [0.15, 0.2) is 141 Å². The van der Waals surface area contributed by atoms with Crippen LogP contribution in [0, 0.1) is 37.1 Å². The minimum atomic E-state index is -5.17. The number of benzene rings is 4. The Hall–Kier alpha value is -5.05. The number of ether oxygens (including phenoxy) is 2. The number of hydrogen-bond acceptors (Lipinski definition) is 4. The third-order valence-electron chi connectivity index (χ3n) is 10.5. The molecule has 4 aromatic carbocycles. The fourth-order valence-electron chi connectivity index (χ4n) is 7.63. The summed E-state index contributed by atoms with van der Waals surface area (Å²) < 4.78 is 82.1. The maximum absolute atomic E-state index is 18.0. The summed E-state index contributed by atoms with van der Waals surface area (Å²) in [6.07, 6.45) is 15.5. The van der Waals surface area contributed by atoms with Gasteiger partial charge in [0.1, 0.15) is 0 Å². The zero-order valence-electron chi connectivity index (χ0n) is 29.5. The SMILES string of the molecule is Cc1ccc(N(CC2=CCO2)c2ccc(F)[c]([Ti]([C]3=CC=CC3)([C]3=CC=CC3)[c]3c(F)ccc(N(CC4=CCO4)c4ccc(C)cc4)c3F)c2F)cc1. The van der Waals surface area contributed by atoms with Crippen molar-refractivity contribution in [2.45, 2.75) is 26.7 Å². The van der Waals surface area contributed by atoms with Crippen LogP contribution in [0.25, 0.3) is 0 Å². The molecule has 2 heterocycles. The van der Waals surface area contributed by atoms with E-state index in [1.807, 2.05) is 111 Å². The van der Waals surface area contributed by atoms with Crippen LogP contribution in [-0.4, -0.2) is 26.3 Å². The number of rotatable bonds is 12. The number of anilines is 4. The van der Waals surface area contributed by atoms with Crippen molar-refractivity contribution < 1.29 is 43.6 Å². The second-order valence-electron chi connectivity index (χ2n) is 13.7. The molecule has 0 atom stereocenters. The molecule has 0 unspecified atom stereocenters. The summed E-state index contributed by atoms with van der Waals surface area (Å²) in [5.74, 6) is -2.02. The topological polar surface area (TPSA) is 24.9 Å². The Morgan fingerprint density at radius 3 is 1.28 bits per heavy atom. The van der Waals surface area contributed by atoms with Crippen LogP contribution >= 0.6 is 0 Å². The molecule has 0 radical (unpaired) electrons. The van der Waals surface area contributed by atoms with Gasteiger partial charge in [-0.25, -0.2) is 0 Å². The second kappa shape index (κ2) is 14.4. The molecule has 0 fully saturated rings. The van der Waals surface area contributed by atoms with E-state index < -0.39 is 39.9 Å². The summed E-state index contributed by atoms with van der Waals surface area (Å²) in [5.41, 5.74) is 3.59. The van der Waals surface area contributed by atoms with Crippen LogP contribution in [0.4, 0.5) is 40.3 Å². The van der Waals surface area contributed by atoms with Crippen LogP contribution in [0.2, 0.25) is 0 Å². The van der Waals surface area contributed by atoms with Crippen molar-refractivity contribution in [2.24, 2.45) is 0 Å². The first kappa shape index (κ1) is 35.0. The molecule has 4 aliphatic rings. The van der Waals surface area contributed by atoms with Gasteiger partial charge in [-0.3, -0.25) is 0 Å². The quantitative estimate of drug-likeness (QED) is 0.106. The van der Waals surface area contributed by atoms with Gasteiger partial charge in [0.2, 0.25) is 0 Å². The fourth-order valence-corrected chi connectivity index (χ4v) is 15.9. The molecule has 268 valence electrons. The zero-order valence-corrected chi connectivity index (χ0v) is 31.1. The normalized spacial score (nSPS) is 15.8. The third-order valence-corrected chi connectivity index (χ3v) is 18.4. The average Bonchev–Trinajstić information content (AvgIpc) is 3.85. The fraction of sp³-hybridized carbons (Fsp3) is 0.182. The average molecular weight is 751 g/mol. The molecule has 0 spiro atoms. The first-order valence-corrected chi connectivity index (χ1v) is 20.9. The summed E-state index contributed by atoms with van der Waals surface area (Å²) in [5, 5.41) is 0. The Bertz CT molecular complexity index is 2110. The molecule has 0 aromatic heterocycles. The van der Waals surface area contributed by atoms with E-state index in [-0.39, 0.29) is 32.2 Å². The standard InChI is InChI=1S/2C17H14F2NO.2C5H5.Ti/c2*1-12-2-5-14(6-3-12)20(11-15-8-9-21-15)17-7-4-13(18)10-16(17)19;2*1-2-4-5-3-1;/h2*2-8H,9,11H2,1H3;2*1-3H,4H2;. The summed E-state index contributed by atoms with van der Waals surface area (Å²) in [6.45, 7) is 5.22. The first-order valence-electron chi connectivity index (χ1n) is 17.8. The number of hydrogen-bond donors (Lipinski definition) is 0. The van der Waals surface area contributed by atoms with Gasteiger partial charge in [-0.1, -0.05) is 0 Å². The Balaban J connectivity index is 1.40. The van der Waals surface area contributed by atoms with E-state index in [2.05, 4.69) is 0 Å². The van der Waals surface area contributed by atoms with E-state index in [0.717, 1.165) is 11.1 Å². The van der Waals surface area contributed by atoms with Crippen molar-refractivity contribution in [1.29, 1.82) is 0 Å². The van der Waals surface area contributed by atoms with Crippen molar-refractivity contribution in [3.8, 4) is 0 Å². The molecule has 0 saturated carbocycles. The molecule has 2 aliphatic heterocycles. The summed E-state index contributed by atoms with van der Waals surface area (Å²) >= 11 is -5.17. The van der Waals surface area contributed by atoms with Crippen molar-refractivity contribution >= 4 is 30.5 Å². The van der Waals surface area contributed by atoms with Crippen LogP contribution in [0.3, 0.4) is 0 Å².